The zero-order chi connectivity index (χ0) is 13.0. The van der Waals surface area contributed by atoms with E-state index >= 15 is 0 Å². The Morgan fingerprint density at radius 3 is 3.11 bits per heavy atom. The van der Waals surface area contributed by atoms with Gasteiger partial charge >= 0.3 is 0 Å². The van der Waals surface area contributed by atoms with Crippen molar-refractivity contribution in [3.8, 4) is 5.75 Å². The van der Waals surface area contributed by atoms with E-state index in [1.807, 2.05) is 31.2 Å². The average Bonchev–Trinajstić information content (AvgIpc) is 2.36. The number of piperidine rings is 1. The second-order valence-corrected chi connectivity index (χ2v) is 4.74. The number of aryl methyl sites for hydroxylation is 1. The first kappa shape index (κ1) is 12.9. The molecular formula is C14H19NO3. The second-order valence-electron chi connectivity index (χ2n) is 4.74. The van der Waals surface area contributed by atoms with E-state index in [-0.39, 0.29) is 18.6 Å². The first-order chi connectivity index (χ1) is 8.65. The highest BCUT2D eigenvalue weighted by Gasteiger charge is 2.22. The van der Waals surface area contributed by atoms with E-state index in [1.54, 1.807) is 4.90 Å². The van der Waals surface area contributed by atoms with Gasteiger partial charge in [0.25, 0.3) is 5.91 Å². The molecule has 98 valence electrons. The van der Waals surface area contributed by atoms with Crippen molar-refractivity contribution in [1.82, 2.24) is 4.90 Å². The van der Waals surface area contributed by atoms with Crippen molar-refractivity contribution in [3.05, 3.63) is 29.8 Å². The fourth-order valence-electron chi connectivity index (χ4n) is 2.12. The standard InChI is InChI=1S/C14H19NO3/c1-11-4-2-6-13(8-11)18-10-14(17)15-7-3-5-12(16)9-15/h2,4,6,8,12,16H,3,5,7,9-10H2,1H3/t12-/m0/s1. The maximum atomic E-state index is 11.9. The number of aliphatic hydroxyl groups excluding tert-OH is 1. The van der Waals surface area contributed by atoms with Gasteiger partial charge in [0, 0.05) is 13.1 Å². The summed E-state index contributed by atoms with van der Waals surface area (Å²) in [6, 6.07) is 7.62. The molecule has 1 amide bonds. The molecule has 0 aliphatic carbocycles. The average molecular weight is 249 g/mol. The Labute approximate surface area is 107 Å². The van der Waals surface area contributed by atoms with E-state index < -0.39 is 0 Å². The third kappa shape index (κ3) is 3.47. The highest BCUT2D eigenvalue weighted by atomic mass is 16.5. The van der Waals surface area contributed by atoms with Crippen molar-refractivity contribution in [1.29, 1.82) is 0 Å². The molecule has 1 atom stereocenters. The van der Waals surface area contributed by atoms with Gasteiger partial charge in [-0.3, -0.25) is 4.79 Å². The Morgan fingerprint density at radius 2 is 2.39 bits per heavy atom. The normalized spacial score (nSPS) is 19.7. The summed E-state index contributed by atoms with van der Waals surface area (Å²) >= 11 is 0. The molecule has 1 N–H and O–H groups in total. The summed E-state index contributed by atoms with van der Waals surface area (Å²) in [7, 11) is 0. The van der Waals surface area contributed by atoms with Crippen LogP contribution in [0.1, 0.15) is 18.4 Å². The number of carbonyl (C=O) groups is 1. The minimum absolute atomic E-state index is 0.0379. The SMILES string of the molecule is Cc1cccc(OCC(=O)N2CCC[C@H](O)C2)c1. The molecule has 0 unspecified atom stereocenters. The van der Waals surface area contributed by atoms with Crippen molar-refractivity contribution in [2.75, 3.05) is 19.7 Å². The number of hydrogen-bond acceptors (Lipinski definition) is 3. The number of likely N-dealkylation sites (tertiary alicyclic amines) is 1. The van der Waals surface area contributed by atoms with Crippen molar-refractivity contribution < 1.29 is 14.6 Å². The van der Waals surface area contributed by atoms with Gasteiger partial charge in [-0.1, -0.05) is 12.1 Å². The monoisotopic (exact) mass is 249 g/mol. The van der Waals surface area contributed by atoms with Gasteiger partial charge in [0.2, 0.25) is 0 Å². The summed E-state index contributed by atoms with van der Waals surface area (Å²) in [5.41, 5.74) is 1.10. The number of benzene rings is 1. The van der Waals surface area contributed by atoms with E-state index in [2.05, 4.69) is 0 Å². The van der Waals surface area contributed by atoms with Gasteiger partial charge in [0.1, 0.15) is 5.75 Å². The molecule has 0 aromatic heterocycles. The molecule has 18 heavy (non-hydrogen) atoms. The van der Waals surface area contributed by atoms with Gasteiger partial charge in [-0.15, -0.1) is 0 Å². The van der Waals surface area contributed by atoms with Crippen molar-refractivity contribution in [2.24, 2.45) is 0 Å². The Balaban J connectivity index is 1.84. The Hall–Kier alpha value is -1.55. The van der Waals surface area contributed by atoms with Gasteiger partial charge in [-0.05, 0) is 37.5 Å². The summed E-state index contributed by atoms with van der Waals surface area (Å²) in [5, 5.41) is 9.52. The van der Waals surface area contributed by atoms with Gasteiger partial charge in [0.05, 0.1) is 6.10 Å². The van der Waals surface area contributed by atoms with Crippen LogP contribution in [0.15, 0.2) is 24.3 Å². The number of hydrogen-bond donors (Lipinski definition) is 1. The van der Waals surface area contributed by atoms with E-state index in [0.717, 1.165) is 18.4 Å². The van der Waals surface area contributed by atoms with Crippen molar-refractivity contribution >= 4 is 5.91 Å². The van der Waals surface area contributed by atoms with Crippen LogP contribution in [0.2, 0.25) is 0 Å². The molecule has 0 radical (unpaired) electrons. The largest absolute Gasteiger partial charge is 0.484 e. The summed E-state index contributed by atoms with van der Waals surface area (Å²) in [6.45, 7) is 3.16. The van der Waals surface area contributed by atoms with Crippen LogP contribution in [0.25, 0.3) is 0 Å². The van der Waals surface area contributed by atoms with Gasteiger partial charge in [-0.25, -0.2) is 0 Å². The molecule has 0 spiro atoms. The minimum atomic E-state index is -0.387. The third-order valence-electron chi connectivity index (χ3n) is 3.10. The molecule has 4 nitrogen and oxygen atoms in total. The topological polar surface area (TPSA) is 49.8 Å². The number of carbonyl (C=O) groups excluding carboxylic acids is 1. The molecule has 0 saturated carbocycles. The van der Waals surface area contributed by atoms with Crippen LogP contribution < -0.4 is 4.74 Å². The van der Waals surface area contributed by atoms with Crippen molar-refractivity contribution in [3.63, 3.8) is 0 Å². The smallest absolute Gasteiger partial charge is 0.260 e. The highest BCUT2D eigenvalue weighted by Crippen LogP contribution is 2.14. The molecule has 2 rings (SSSR count). The number of aliphatic hydroxyl groups is 1. The van der Waals surface area contributed by atoms with Gasteiger partial charge in [-0.2, -0.15) is 0 Å². The first-order valence-electron chi connectivity index (χ1n) is 6.30. The molecule has 1 heterocycles. The lowest BCUT2D eigenvalue weighted by Gasteiger charge is -2.30. The Kier molecular flexibility index (Phi) is 4.20. The van der Waals surface area contributed by atoms with Crippen molar-refractivity contribution in [2.45, 2.75) is 25.9 Å². The maximum Gasteiger partial charge on any atom is 0.260 e. The fraction of sp³-hybridized carbons (Fsp3) is 0.500. The van der Waals surface area contributed by atoms with Gasteiger partial charge in [0.15, 0.2) is 6.61 Å². The Bertz CT molecular complexity index is 419. The molecular weight excluding hydrogens is 230 g/mol. The summed E-state index contributed by atoms with van der Waals surface area (Å²) in [4.78, 5) is 13.6. The maximum absolute atomic E-state index is 11.9. The molecule has 1 aromatic rings. The molecule has 1 aliphatic heterocycles. The fourth-order valence-corrected chi connectivity index (χ4v) is 2.12. The lowest BCUT2D eigenvalue weighted by atomic mass is 10.1. The van der Waals surface area contributed by atoms with Crippen LogP contribution in [-0.4, -0.2) is 41.7 Å². The third-order valence-corrected chi connectivity index (χ3v) is 3.10. The zero-order valence-corrected chi connectivity index (χ0v) is 10.6. The number of nitrogens with zero attached hydrogens (tertiary/aromatic N) is 1. The van der Waals surface area contributed by atoms with Crippen LogP contribution in [-0.2, 0) is 4.79 Å². The van der Waals surface area contributed by atoms with Crippen LogP contribution in [0.5, 0.6) is 5.75 Å². The van der Waals surface area contributed by atoms with Crippen LogP contribution in [0.4, 0.5) is 0 Å². The highest BCUT2D eigenvalue weighted by molar-refractivity contribution is 5.77. The zero-order valence-electron chi connectivity index (χ0n) is 10.6. The molecule has 1 saturated heterocycles. The number of rotatable bonds is 3. The minimum Gasteiger partial charge on any atom is -0.484 e. The number of ether oxygens (including phenoxy) is 1. The number of amides is 1. The lowest BCUT2D eigenvalue weighted by Crippen LogP contribution is -2.44. The molecule has 1 fully saturated rings. The predicted molar refractivity (Wildman–Crippen MR) is 68.5 cm³/mol. The van der Waals surface area contributed by atoms with E-state index in [0.29, 0.717) is 18.8 Å². The summed E-state index contributed by atoms with van der Waals surface area (Å²) in [6.07, 6.45) is 1.25. The van der Waals surface area contributed by atoms with Gasteiger partial charge < -0.3 is 14.7 Å². The molecule has 1 aromatic carbocycles. The lowest BCUT2D eigenvalue weighted by molar-refractivity contribution is -0.136. The first-order valence-corrected chi connectivity index (χ1v) is 6.30. The summed E-state index contributed by atoms with van der Waals surface area (Å²) in [5.74, 6) is 0.649. The summed E-state index contributed by atoms with van der Waals surface area (Å²) < 4.78 is 5.46. The quantitative estimate of drug-likeness (QED) is 0.880. The van der Waals surface area contributed by atoms with Crippen LogP contribution >= 0.6 is 0 Å². The van der Waals surface area contributed by atoms with Crippen LogP contribution in [0, 0.1) is 6.92 Å². The molecule has 4 heteroatoms. The second kappa shape index (κ2) is 5.87. The Morgan fingerprint density at radius 1 is 1.56 bits per heavy atom. The molecule has 1 aliphatic rings. The van der Waals surface area contributed by atoms with E-state index in [4.69, 9.17) is 4.74 Å². The molecule has 0 bridgehead atoms. The van der Waals surface area contributed by atoms with E-state index in [1.165, 1.54) is 0 Å². The predicted octanol–water partition coefficient (Wildman–Crippen LogP) is 1.36. The number of β-amino-alcohol motifs (C(OH)–C–C–N with tert-alkyl or cyclic N) is 1. The van der Waals surface area contributed by atoms with E-state index in [9.17, 15) is 9.90 Å². The van der Waals surface area contributed by atoms with Crippen LogP contribution in [0.3, 0.4) is 0 Å².